The molecule has 0 unspecified atom stereocenters. The van der Waals surface area contributed by atoms with Gasteiger partial charge in [0, 0.05) is 30.2 Å². The molecular weight excluding hydrogens is 322 g/mol. The molecule has 1 N–H and O–H groups in total. The van der Waals surface area contributed by atoms with Gasteiger partial charge >= 0.3 is 0 Å². The van der Waals surface area contributed by atoms with Crippen molar-refractivity contribution in [2.45, 2.75) is 69.9 Å². The maximum atomic E-state index is 6.06. The average Bonchev–Trinajstić information content (AvgIpc) is 3.24. The van der Waals surface area contributed by atoms with Crippen LogP contribution in [0.25, 0.3) is 5.69 Å². The smallest absolute Gasteiger partial charge is 0.119 e. The summed E-state index contributed by atoms with van der Waals surface area (Å²) in [4.78, 5) is 4.09. The van der Waals surface area contributed by atoms with Crippen molar-refractivity contribution in [3.05, 3.63) is 43.0 Å². The minimum Gasteiger partial charge on any atom is -0.493 e. The lowest BCUT2D eigenvalue weighted by molar-refractivity contribution is 0.182. The van der Waals surface area contributed by atoms with E-state index in [9.17, 15) is 0 Å². The second-order valence-corrected chi connectivity index (χ2v) is 7.99. The van der Waals surface area contributed by atoms with E-state index in [-0.39, 0.29) is 0 Å². The lowest BCUT2D eigenvalue weighted by Crippen LogP contribution is -2.41. The van der Waals surface area contributed by atoms with Gasteiger partial charge in [0.2, 0.25) is 0 Å². The van der Waals surface area contributed by atoms with Gasteiger partial charge in [0.05, 0.1) is 12.9 Å². The van der Waals surface area contributed by atoms with E-state index in [1.54, 1.807) is 6.20 Å². The fourth-order valence-corrected chi connectivity index (χ4v) is 4.44. The molecule has 1 heterocycles. The molecule has 0 radical (unpaired) electrons. The van der Waals surface area contributed by atoms with Crippen LogP contribution in [0.3, 0.4) is 0 Å². The summed E-state index contributed by atoms with van der Waals surface area (Å²) in [6, 6.07) is 9.82. The monoisotopic (exact) mass is 353 g/mol. The molecule has 0 amide bonds. The summed E-state index contributed by atoms with van der Waals surface area (Å²) in [5.41, 5.74) is 1.11. The number of ether oxygens (including phenoxy) is 1. The van der Waals surface area contributed by atoms with Gasteiger partial charge < -0.3 is 14.6 Å². The molecule has 2 saturated carbocycles. The van der Waals surface area contributed by atoms with Crippen LogP contribution in [0.4, 0.5) is 0 Å². The number of rotatable bonds is 6. The Labute approximate surface area is 157 Å². The fourth-order valence-electron chi connectivity index (χ4n) is 4.44. The summed E-state index contributed by atoms with van der Waals surface area (Å²) in [5.74, 6) is 1.67. The second-order valence-electron chi connectivity index (χ2n) is 7.99. The highest BCUT2D eigenvalue weighted by molar-refractivity contribution is 5.37. The van der Waals surface area contributed by atoms with Crippen LogP contribution in [0.15, 0.2) is 43.0 Å². The number of hydrogen-bond donors (Lipinski definition) is 1. The predicted molar refractivity (Wildman–Crippen MR) is 105 cm³/mol. The van der Waals surface area contributed by atoms with E-state index in [1.807, 2.05) is 17.1 Å². The van der Waals surface area contributed by atoms with Crippen molar-refractivity contribution >= 4 is 0 Å². The molecule has 1 aromatic heterocycles. The third-order valence-electron chi connectivity index (χ3n) is 6.05. The zero-order chi connectivity index (χ0) is 17.6. The Balaban J connectivity index is 1.19. The molecule has 4 nitrogen and oxygen atoms in total. The van der Waals surface area contributed by atoms with Crippen molar-refractivity contribution in [3.8, 4) is 11.4 Å². The Hall–Kier alpha value is -1.81. The first kappa shape index (κ1) is 17.6. The average molecular weight is 354 g/mol. The largest absolute Gasteiger partial charge is 0.493 e. The Morgan fingerprint density at radius 2 is 1.65 bits per heavy atom. The van der Waals surface area contributed by atoms with Gasteiger partial charge in [-0.05, 0) is 68.7 Å². The van der Waals surface area contributed by atoms with E-state index < -0.39 is 0 Å². The SMILES string of the molecule is c1cn(-c2ccc(OC[C@H]3CC[C@H](NC4CCCCC4)CC3)cc2)cn1. The molecule has 0 aliphatic heterocycles. The summed E-state index contributed by atoms with van der Waals surface area (Å²) in [5, 5.41) is 3.92. The molecule has 2 aliphatic carbocycles. The van der Waals surface area contributed by atoms with Crippen LogP contribution in [0.5, 0.6) is 5.75 Å². The van der Waals surface area contributed by atoms with Crippen LogP contribution >= 0.6 is 0 Å². The maximum Gasteiger partial charge on any atom is 0.119 e. The summed E-state index contributed by atoms with van der Waals surface area (Å²) >= 11 is 0. The van der Waals surface area contributed by atoms with E-state index in [2.05, 4.69) is 34.6 Å². The first-order valence-corrected chi connectivity index (χ1v) is 10.3. The topological polar surface area (TPSA) is 39.1 Å². The molecule has 2 fully saturated rings. The van der Waals surface area contributed by atoms with Gasteiger partial charge in [-0.15, -0.1) is 0 Å². The molecule has 2 aliphatic rings. The highest BCUT2D eigenvalue weighted by atomic mass is 16.5. The van der Waals surface area contributed by atoms with Crippen LogP contribution in [0.1, 0.15) is 57.8 Å². The van der Waals surface area contributed by atoms with E-state index in [0.717, 1.165) is 30.1 Å². The zero-order valence-corrected chi connectivity index (χ0v) is 15.6. The van der Waals surface area contributed by atoms with E-state index in [1.165, 1.54) is 57.8 Å². The van der Waals surface area contributed by atoms with Gasteiger partial charge in [0.15, 0.2) is 0 Å². The summed E-state index contributed by atoms with van der Waals surface area (Å²) in [6.07, 6.45) is 17.8. The van der Waals surface area contributed by atoms with Crippen molar-refractivity contribution in [2.75, 3.05) is 6.61 Å². The van der Waals surface area contributed by atoms with Crippen molar-refractivity contribution < 1.29 is 4.74 Å². The molecular formula is C22H31N3O. The van der Waals surface area contributed by atoms with Crippen LogP contribution < -0.4 is 10.1 Å². The second kappa shape index (κ2) is 8.72. The van der Waals surface area contributed by atoms with Crippen LogP contribution in [0, 0.1) is 5.92 Å². The fraction of sp³-hybridized carbons (Fsp3) is 0.591. The van der Waals surface area contributed by atoms with Crippen molar-refractivity contribution in [2.24, 2.45) is 5.92 Å². The quantitative estimate of drug-likeness (QED) is 0.816. The first-order chi connectivity index (χ1) is 12.9. The normalized spacial score (nSPS) is 24.5. The predicted octanol–water partition coefficient (Wildman–Crippen LogP) is 4.73. The lowest BCUT2D eigenvalue weighted by atomic mass is 9.85. The number of benzene rings is 1. The third-order valence-corrected chi connectivity index (χ3v) is 6.05. The van der Waals surface area contributed by atoms with Gasteiger partial charge in [-0.2, -0.15) is 0 Å². The van der Waals surface area contributed by atoms with Gasteiger partial charge in [-0.1, -0.05) is 19.3 Å². The van der Waals surface area contributed by atoms with E-state index >= 15 is 0 Å². The molecule has 26 heavy (non-hydrogen) atoms. The lowest BCUT2D eigenvalue weighted by Gasteiger charge is -2.33. The molecule has 4 rings (SSSR count). The standard InChI is InChI=1S/C22H31N3O/c1-2-4-19(5-3-1)24-20-8-6-18(7-9-20)16-26-22-12-10-21(11-13-22)25-15-14-23-17-25/h10-15,17-20,24H,1-9,16H2/t18-,20-. The molecule has 0 atom stereocenters. The van der Waals surface area contributed by atoms with E-state index in [4.69, 9.17) is 4.74 Å². The number of hydrogen-bond acceptors (Lipinski definition) is 3. The summed E-state index contributed by atoms with van der Waals surface area (Å²) in [7, 11) is 0. The molecule has 140 valence electrons. The third kappa shape index (κ3) is 4.67. The maximum absolute atomic E-state index is 6.06. The molecule has 4 heteroatoms. The molecule has 0 saturated heterocycles. The van der Waals surface area contributed by atoms with Gasteiger partial charge in [-0.3, -0.25) is 0 Å². The molecule has 0 spiro atoms. The summed E-state index contributed by atoms with van der Waals surface area (Å²) in [6.45, 7) is 0.848. The number of aromatic nitrogens is 2. The van der Waals surface area contributed by atoms with Crippen molar-refractivity contribution in [1.29, 1.82) is 0 Å². The molecule has 2 aromatic rings. The molecule has 0 bridgehead atoms. The van der Waals surface area contributed by atoms with Crippen molar-refractivity contribution in [3.63, 3.8) is 0 Å². The number of nitrogens with one attached hydrogen (secondary N) is 1. The zero-order valence-electron chi connectivity index (χ0n) is 15.6. The van der Waals surface area contributed by atoms with Crippen LogP contribution in [-0.2, 0) is 0 Å². The highest BCUT2D eigenvalue weighted by Gasteiger charge is 2.24. The summed E-state index contributed by atoms with van der Waals surface area (Å²) < 4.78 is 8.06. The van der Waals surface area contributed by atoms with Crippen molar-refractivity contribution in [1.82, 2.24) is 14.9 Å². The minimum atomic E-state index is 0.702. The number of imidazole rings is 1. The Kier molecular flexibility index (Phi) is 5.90. The van der Waals surface area contributed by atoms with E-state index in [0.29, 0.717) is 5.92 Å². The van der Waals surface area contributed by atoms with Crippen LogP contribution in [0.2, 0.25) is 0 Å². The minimum absolute atomic E-state index is 0.702. The highest BCUT2D eigenvalue weighted by Crippen LogP contribution is 2.27. The Morgan fingerprint density at radius 3 is 2.35 bits per heavy atom. The van der Waals surface area contributed by atoms with Gasteiger partial charge in [0.25, 0.3) is 0 Å². The molecule has 1 aromatic carbocycles. The Morgan fingerprint density at radius 1 is 0.923 bits per heavy atom. The number of nitrogens with zero attached hydrogens (tertiary/aromatic N) is 2. The van der Waals surface area contributed by atoms with Gasteiger partial charge in [-0.25, -0.2) is 4.98 Å². The van der Waals surface area contributed by atoms with Gasteiger partial charge in [0.1, 0.15) is 5.75 Å². The first-order valence-electron chi connectivity index (χ1n) is 10.3. The Bertz CT molecular complexity index is 639. The van der Waals surface area contributed by atoms with Crippen LogP contribution in [-0.4, -0.2) is 28.2 Å².